The summed E-state index contributed by atoms with van der Waals surface area (Å²) in [6.45, 7) is 5.21. The lowest BCUT2D eigenvalue weighted by Crippen LogP contribution is -2.27. The van der Waals surface area contributed by atoms with Gasteiger partial charge in [0.15, 0.2) is 0 Å². The molecule has 0 aromatic carbocycles. The molecule has 0 radical (unpaired) electrons. The first-order valence-corrected chi connectivity index (χ1v) is 5.59. The van der Waals surface area contributed by atoms with Crippen molar-refractivity contribution in [2.75, 3.05) is 13.2 Å². The van der Waals surface area contributed by atoms with E-state index in [9.17, 15) is 9.59 Å². The van der Waals surface area contributed by atoms with E-state index >= 15 is 0 Å². The van der Waals surface area contributed by atoms with Gasteiger partial charge in [-0.2, -0.15) is 0 Å². The smallest absolute Gasteiger partial charge is 0.341 e. The fourth-order valence-electron chi connectivity index (χ4n) is 1.58. The summed E-state index contributed by atoms with van der Waals surface area (Å²) >= 11 is 0. The summed E-state index contributed by atoms with van der Waals surface area (Å²) < 4.78 is 6.58. The van der Waals surface area contributed by atoms with E-state index in [-0.39, 0.29) is 5.56 Å². The largest absolute Gasteiger partial charge is 0.477 e. The lowest BCUT2D eigenvalue weighted by atomic mass is 10.1. The van der Waals surface area contributed by atoms with Crippen molar-refractivity contribution in [1.82, 2.24) is 4.57 Å². The molecule has 0 fully saturated rings. The van der Waals surface area contributed by atoms with Gasteiger partial charge in [-0.25, -0.2) is 4.79 Å². The van der Waals surface area contributed by atoms with Crippen LogP contribution >= 0.6 is 0 Å². The molecule has 0 spiro atoms. The Morgan fingerprint density at radius 3 is 2.82 bits per heavy atom. The van der Waals surface area contributed by atoms with Crippen LogP contribution in [0.3, 0.4) is 0 Å². The second-order valence-corrected chi connectivity index (χ2v) is 3.73. The van der Waals surface area contributed by atoms with Gasteiger partial charge in [-0.05, 0) is 31.9 Å². The monoisotopic (exact) mass is 239 g/mol. The van der Waals surface area contributed by atoms with Gasteiger partial charge in [0.2, 0.25) is 0 Å². The van der Waals surface area contributed by atoms with Gasteiger partial charge in [0.05, 0.1) is 0 Å². The van der Waals surface area contributed by atoms with Crippen molar-refractivity contribution < 1.29 is 14.6 Å². The Labute approximate surface area is 99.6 Å². The van der Waals surface area contributed by atoms with E-state index in [1.165, 1.54) is 4.57 Å². The predicted octanol–water partition coefficient (Wildman–Crippen LogP) is 1.28. The third-order valence-electron chi connectivity index (χ3n) is 2.48. The Balaban J connectivity index is 2.84. The Morgan fingerprint density at radius 1 is 1.53 bits per heavy atom. The summed E-state index contributed by atoms with van der Waals surface area (Å²) in [4.78, 5) is 22.8. The summed E-state index contributed by atoms with van der Waals surface area (Å²) in [5.41, 5.74) is -0.110. The highest BCUT2D eigenvalue weighted by atomic mass is 16.5. The molecule has 1 aromatic rings. The lowest BCUT2D eigenvalue weighted by molar-refractivity contribution is 0.0693. The fraction of sp³-hybridized carbons (Fsp3) is 0.500. The Kier molecular flexibility index (Phi) is 4.90. The molecule has 0 unspecified atom stereocenters. The average molecular weight is 239 g/mol. The van der Waals surface area contributed by atoms with E-state index in [4.69, 9.17) is 9.84 Å². The Bertz CT molecular complexity index is 450. The number of hydrogen-bond acceptors (Lipinski definition) is 3. The van der Waals surface area contributed by atoms with Gasteiger partial charge in [-0.1, -0.05) is 0 Å². The number of ether oxygens (including phenoxy) is 1. The number of pyridine rings is 1. The number of rotatable bonds is 6. The highest BCUT2D eigenvalue weighted by molar-refractivity contribution is 5.88. The van der Waals surface area contributed by atoms with E-state index in [0.717, 1.165) is 0 Å². The molecule has 5 nitrogen and oxygen atoms in total. The first-order valence-electron chi connectivity index (χ1n) is 5.59. The van der Waals surface area contributed by atoms with E-state index in [2.05, 4.69) is 0 Å². The van der Waals surface area contributed by atoms with Crippen LogP contribution in [0.15, 0.2) is 17.1 Å². The average Bonchev–Trinajstić information content (AvgIpc) is 2.26. The topological polar surface area (TPSA) is 68.5 Å². The molecular formula is C12H17NO4. The molecule has 0 aliphatic heterocycles. The molecule has 0 saturated heterocycles. The number of nitrogens with zero attached hydrogens (tertiary/aromatic N) is 1. The molecule has 0 bridgehead atoms. The zero-order chi connectivity index (χ0) is 12.8. The van der Waals surface area contributed by atoms with E-state index in [1.54, 1.807) is 19.2 Å². The van der Waals surface area contributed by atoms with Crippen molar-refractivity contribution in [3.8, 4) is 0 Å². The minimum Gasteiger partial charge on any atom is -0.477 e. The van der Waals surface area contributed by atoms with Crippen LogP contribution in [-0.4, -0.2) is 28.9 Å². The summed E-state index contributed by atoms with van der Waals surface area (Å²) in [7, 11) is 0. The first kappa shape index (κ1) is 13.4. The van der Waals surface area contributed by atoms with Crippen molar-refractivity contribution in [2.45, 2.75) is 26.8 Å². The van der Waals surface area contributed by atoms with Gasteiger partial charge in [-0.15, -0.1) is 0 Å². The SMILES string of the molecule is CCOCCCn1ccc(C)c(C(=O)O)c1=O. The number of carboxylic acids is 1. The van der Waals surface area contributed by atoms with Crippen molar-refractivity contribution >= 4 is 5.97 Å². The van der Waals surface area contributed by atoms with Gasteiger partial charge >= 0.3 is 5.97 Å². The third kappa shape index (κ3) is 3.42. The molecule has 94 valence electrons. The highest BCUT2D eigenvalue weighted by Gasteiger charge is 2.13. The van der Waals surface area contributed by atoms with Crippen LogP contribution in [0.5, 0.6) is 0 Å². The van der Waals surface area contributed by atoms with Crippen LogP contribution in [0.2, 0.25) is 0 Å². The molecule has 1 aromatic heterocycles. The number of aryl methyl sites for hydroxylation is 2. The van der Waals surface area contributed by atoms with Crippen LogP contribution in [-0.2, 0) is 11.3 Å². The van der Waals surface area contributed by atoms with Crippen molar-refractivity contribution in [3.05, 3.63) is 33.7 Å². The number of carbonyl (C=O) groups is 1. The maximum atomic E-state index is 11.8. The van der Waals surface area contributed by atoms with Crippen LogP contribution in [0.25, 0.3) is 0 Å². The first-order chi connectivity index (χ1) is 8.07. The zero-order valence-corrected chi connectivity index (χ0v) is 10.1. The number of aromatic carboxylic acids is 1. The van der Waals surface area contributed by atoms with Crippen molar-refractivity contribution in [1.29, 1.82) is 0 Å². The maximum Gasteiger partial charge on any atom is 0.341 e. The Morgan fingerprint density at radius 2 is 2.24 bits per heavy atom. The molecule has 1 N–H and O–H groups in total. The van der Waals surface area contributed by atoms with Gasteiger partial charge in [-0.3, -0.25) is 4.79 Å². The number of hydrogen-bond donors (Lipinski definition) is 1. The molecule has 0 aliphatic carbocycles. The quantitative estimate of drug-likeness (QED) is 0.759. The van der Waals surface area contributed by atoms with Crippen molar-refractivity contribution in [2.24, 2.45) is 0 Å². The standard InChI is InChI=1S/C12H17NO4/c1-3-17-8-4-6-13-7-5-9(2)10(11(13)14)12(15)16/h5,7H,3-4,6,8H2,1-2H3,(H,15,16). The van der Waals surface area contributed by atoms with Gasteiger partial charge < -0.3 is 14.4 Å². The summed E-state index contributed by atoms with van der Waals surface area (Å²) in [5.74, 6) is -1.17. The molecule has 5 heteroatoms. The van der Waals surface area contributed by atoms with Crippen LogP contribution in [0.1, 0.15) is 29.3 Å². The highest BCUT2D eigenvalue weighted by Crippen LogP contribution is 2.02. The van der Waals surface area contributed by atoms with E-state index in [0.29, 0.717) is 31.7 Å². The summed E-state index contributed by atoms with van der Waals surface area (Å²) in [6.07, 6.45) is 2.31. The van der Waals surface area contributed by atoms with E-state index < -0.39 is 11.5 Å². The zero-order valence-electron chi connectivity index (χ0n) is 10.1. The fourth-order valence-corrected chi connectivity index (χ4v) is 1.58. The second kappa shape index (κ2) is 6.20. The van der Waals surface area contributed by atoms with Crippen LogP contribution in [0, 0.1) is 6.92 Å². The van der Waals surface area contributed by atoms with Crippen LogP contribution in [0.4, 0.5) is 0 Å². The van der Waals surface area contributed by atoms with Gasteiger partial charge in [0, 0.05) is 26.0 Å². The molecule has 0 saturated carbocycles. The van der Waals surface area contributed by atoms with Gasteiger partial charge in [0.25, 0.3) is 5.56 Å². The molecule has 1 rings (SSSR count). The lowest BCUT2D eigenvalue weighted by Gasteiger charge is -2.08. The minimum atomic E-state index is -1.17. The second-order valence-electron chi connectivity index (χ2n) is 3.73. The number of carboxylic acid groups (broad SMARTS) is 1. The van der Waals surface area contributed by atoms with E-state index in [1.807, 2.05) is 6.92 Å². The molecule has 0 atom stereocenters. The van der Waals surface area contributed by atoms with Crippen molar-refractivity contribution in [3.63, 3.8) is 0 Å². The molecular weight excluding hydrogens is 222 g/mol. The Hall–Kier alpha value is -1.62. The molecule has 17 heavy (non-hydrogen) atoms. The normalized spacial score (nSPS) is 10.5. The summed E-state index contributed by atoms with van der Waals surface area (Å²) in [5, 5.41) is 8.94. The van der Waals surface area contributed by atoms with Crippen LogP contribution < -0.4 is 5.56 Å². The molecule has 0 aliphatic rings. The third-order valence-corrected chi connectivity index (χ3v) is 2.48. The minimum absolute atomic E-state index is 0.149. The predicted molar refractivity (Wildman–Crippen MR) is 63.5 cm³/mol. The number of aromatic nitrogens is 1. The molecule has 0 amide bonds. The van der Waals surface area contributed by atoms with Gasteiger partial charge in [0.1, 0.15) is 5.56 Å². The summed E-state index contributed by atoms with van der Waals surface area (Å²) in [6, 6.07) is 1.64. The maximum absolute atomic E-state index is 11.8. The molecule has 1 heterocycles.